The first-order valence-electron chi connectivity index (χ1n) is 4.92. The molecule has 2 rings (SSSR count). The van der Waals surface area contributed by atoms with Crippen LogP contribution in [0.5, 0.6) is 0 Å². The van der Waals surface area contributed by atoms with Crippen molar-refractivity contribution in [2.24, 2.45) is 0 Å². The largest absolute Gasteiger partial charge is 0.256 e. The van der Waals surface area contributed by atoms with Crippen molar-refractivity contribution in [1.82, 2.24) is 9.97 Å². The first kappa shape index (κ1) is 10.2. The minimum Gasteiger partial charge on any atom is -0.256 e. The molecule has 1 aliphatic rings. The lowest BCUT2D eigenvalue weighted by atomic mass is 10.4. The van der Waals surface area contributed by atoms with Gasteiger partial charge in [0.15, 0.2) is 0 Å². The van der Waals surface area contributed by atoms with Crippen molar-refractivity contribution < 1.29 is 0 Å². The maximum Gasteiger partial charge on any atom is 0.147 e. The average molecular weight is 229 g/mol. The summed E-state index contributed by atoms with van der Waals surface area (Å²) in [6.07, 6.45) is 8.90. The van der Waals surface area contributed by atoms with E-state index in [1.165, 1.54) is 25.7 Å². The Morgan fingerprint density at radius 2 is 2.07 bits per heavy atom. The van der Waals surface area contributed by atoms with Crippen molar-refractivity contribution in [2.45, 2.75) is 36.7 Å². The molecule has 1 saturated carbocycles. The van der Waals surface area contributed by atoms with Crippen LogP contribution in [0.4, 0.5) is 0 Å². The van der Waals surface area contributed by atoms with Crippen molar-refractivity contribution in [1.29, 1.82) is 0 Å². The highest BCUT2D eigenvalue weighted by atomic mass is 35.5. The summed E-state index contributed by atoms with van der Waals surface area (Å²) in [6, 6.07) is 0. The Labute approximate surface area is 93.5 Å². The van der Waals surface area contributed by atoms with Crippen LogP contribution in [0.15, 0.2) is 12.4 Å². The summed E-state index contributed by atoms with van der Waals surface area (Å²) in [5, 5.41) is 1.31. The second-order valence-corrected chi connectivity index (χ2v) is 5.22. The predicted molar refractivity (Wildman–Crippen MR) is 60.6 cm³/mol. The lowest BCUT2D eigenvalue weighted by Gasteiger charge is -2.07. The maximum absolute atomic E-state index is 5.66. The second-order valence-electron chi connectivity index (χ2n) is 3.55. The molecule has 1 aromatic heterocycles. The molecule has 0 spiro atoms. The Morgan fingerprint density at radius 1 is 1.29 bits per heavy atom. The van der Waals surface area contributed by atoms with Crippen molar-refractivity contribution in [3.8, 4) is 0 Å². The molecule has 76 valence electrons. The summed E-state index contributed by atoms with van der Waals surface area (Å²) in [4.78, 5) is 8.24. The quantitative estimate of drug-likeness (QED) is 0.794. The van der Waals surface area contributed by atoms with Crippen LogP contribution in [0.2, 0.25) is 5.15 Å². The fourth-order valence-corrected chi connectivity index (χ4v) is 2.99. The molecule has 0 bridgehead atoms. The van der Waals surface area contributed by atoms with Gasteiger partial charge in [-0.1, -0.05) is 24.4 Å². The molecule has 1 fully saturated rings. The standard InChI is InChI=1S/C10H13ClN2S/c11-10-6-12-8(5-13-10)7-14-9-3-1-2-4-9/h5-6,9H,1-4,7H2. The lowest BCUT2D eigenvalue weighted by Crippen LogP contribution is -1.96. The Kier molecular flexibility index (Phi) is 3.65. The van der Waals surface area contributed by atoms with Crippen LogP contribution in [0.25, 0.3) is 0 Å². The van der Waals surface area contributed by atoms with Gasteiger partial charge in [0.05, 0.1) is 18.1 Å². The third kappa shape index (κ3) is 2.85. The molecule has 1 aromatic rings. The van der Waals surface area contributed by atoms with Crippen molar-refractivity contribution in [3.05, 3.63) is 23.2 Å². The van der Waals surface area contributed by atoms with Crippen LogP contribution in [0.3, 0.4) is 0 Å². The zero-order valence-electron chi connectivity index (χ0n) is 7.95. The van der Waals surface area contributed by atoms with Gasteiger partial charge >= 0.3 is 0 Å². The highest BCUT2D eigenvalue weighted by molar-refractivity contribution is 7.99. The van der Waals surface area contributed by atoms with Gasteiger partial charge in [0.2, 0.25) is 0 Å². The van der Waals surface area contributed by atoms with Gasteiger partial charge in [-0.05, 0) is 12.8 Å². The van der Waals surface area contributed by atoms with E-state index in [1.54, 1.807) is 12.4 Å². The van der Waals surface area contributed by atoms with Crippen molar-refractivity contribution in [3.63, 3.8) is 0 Å². The molecule has 1 aliphatic carbocycles. The smallest absolute Gasteiger partial charge is 0.147 e. The van der Waals surface area contributed by atoms with E-state index in [1.807, 2.05) is 11.8 Å². The summed E-state index contributed by atoms with van der Waals surface area (Å²) in [7, 11) is 0. The molecule has 1 heterocycles. The summed E-state index contributed by atoms with van der Waals surface area (Å²) < 4.78 is 0. The van der Waals surface area contributed by atoms with Crippen molar-refractivity contribution in [2.75, 3.05) is 0 Å². The molecule has 14 heavy (non-hydrogen) atoms. The van der Waals surface area contributed by atoms with E-state index in [0.29, 0.717) is 5.15 Å². The van der Waals surface area contributed by atoms with E-state index in [2.05, 4.69) is 9.97 Å². The Bertz CT molecular complexity index is 283. The van der Waals surface area contributed by atoms with Crippen LogP contribution in [-0.4, -0.2) is 15.2 Å². The SMILES string of the molecule is Clc1cnc(CSC2CCCC2)cn1. The van der Waals surface area contributed by atoms with Gasteiger partial charge in [-0.3, -0.25) is 4.98 Å². The fraction of sp³-hybridized carbons (Fsp3) is 0.600. The Hall–Kier alpha value is -0.280. The van der Waals surface area contributed by atoms with E-state index in [-0.39, 0.29) is 0 Å². The number of nitrogens with zero attached hydrogens (tertiary/aromatic N) is 2. The molecule has 0 N–H and O–H groups in total. The molecular weight excluding hydrogens is 216 g/mol. The van der Waals surface area contributed by atoms with Gasteiger partial charge in [-0.15, -0.1) is 0 Å². The van der Waals surface area contributed by atoms with Crippen molar-refractivity contribution >= 4 is 23.4 Å². The molecule has 0 atom stereocenters. The van der Waals surface area contributed by atoms with Gasteiger partial charge in [0.25, 0.3) is 0 Å². The number of halogens is 1. The third-order valence-corrected chi connectivity index (χ3v) is 4.04. The fourth-order valence-electron chi connectivity index (χ4n) is 1.67. The van der Waals surface area contributed by atoms with Gasteiger partial charge < -0.3 is 0 Å². The normalized spacial score (nSPS) is 17.5. The first-order valence-corrected chi connectivity index (χ1v) is 6.35. The summed E-state index contributed by atoms with van der Waals surface area (Å²) in [6.45, 7) is 0. The van der Waals surface area contributed by atoms with E-state index in [0.717, 1.165) is 16.7 Å². The van der Waals surface area contributed by atoms with Gasteiger partial charge in [0, 0.05) is 11.0 Å². The average Bonchev–Trinajstić information content (AvgIpc) is 2.70. The third-order valence-electron chi connectivity index (χ3n) is 2.44. The topological polar surface area (TPSA) is 25.8 Å². The van der Waals surface area contributed by atoms with Crippen LogP contribution in [0.1, 0.15) is 31.4 Å². The van der Waals surface area contributed by atoms with E-state index >= 15 is 0 Å². The summed E-state index contributed by atoms with van der Waals surface area (Å²) in [5.74, 6) is 0.967. The molecule has 0 aromatic carbocycles. The minimum atomic E-state index is 0.472. The molecule has 0 amide bonds. The highest BCUT2D eigenvalue weighted by Gasteiger charge is 2.15. The van der Waals surface area contributed by atoms with Crippen LogP contribution >= 0.6 is 23.4 Å². The molecular formula is C10H13ClN2S. The number of aromatic nitrogens is 2. The molecule has 0 saturated heterocycles. The van der Waals surface area contributed by atoms with E-state index in [9.17, 15) is 0 Å². The zero-order valence-corrected chi connectivity index (χ0v) is 9.52. The van der Waals surface area contributed by atoms with Crippen LogP contribution < -0.4 is 0 Å². The summed E-state index contributed by atoms with van der Waals surface area (Å²) in [5.41, 5.74) is 1.03. The summed E-state index contributed by atoms with van der Waals surface area (Å²) >= 11 is 7.66. The number of rotatable bonds is 3. The monoisotopic (exact) mass is 228 g/mol. The van der Waals surface area contributed by atoms with E-state index < -0.39 is 0 Å². The second kappa shape index (κ2) is 4.99. The molecule has 4 heteroatoms. The van der Waals surface area contributed by atoms with Crippen LogP contribution in [0, 0.1) is 0 Å². The number of hydrogen-bond donors (Lipinski definition) is 0. The number of hydrogen-bond acceptors (Lipinski definition) is 3. The minimum absolute atomic E-state index is 0.472. The Balaban J connectivity index is 1.82. The lowest BCUT2D eigenvalue weighted by molar-refractivity contribution is 0.886. The van der Waals surface area contributed by atoms with Gasteiger partial charge in [0.1, 0.15) is 5.15 Å². The molecule has 0 unspecified atom stereocenters. The van der Waals surface area contributed by atoms with Gasteiger partial charge in [-0.25, -0.2) is 4.98 Å². The van der Waals surface area contributed by atoms with Gasteiger partial charge in [-0.2, -0.15) is 11.8 Å². The first-order chi connectivity index (χ1) is 6.84. The van der Waals surface area contributed by atoms with Crippen LogP contribution in [-0.2, 0) is 5.75 Å². The molecule has 0 aliphatic heterocycles. The molecule has 2 nitrogen and oxygen atoms in total. The maximum atomic E-state index is 5.66. The highest BCUT2D eigenvalue weighted by Crippen LogP contribution is 2.31. The number of thioether (sulfide) groups is 1. The predicted octanol–water partition coefficient (Wildman–Crippen LogP) is 3.31. The van der Waals surface area contributed by atoms with E-state index in [4.69, 9.17) is 11.6 Å². The Morgan fingerprint density at radius 3 is 2.71 bits per heavy atom. The zero-order chi connectivity index (χ0) is 9.80. The molecule has 0 radical (unpaired) electrons.